The molecule has 1 nitrogen and oxygen atoms in total. The topological polar surface area (TPSA) is 12.0 Å². The van der Waals surface area contributed by atoms with Crippen molar-refractivity contribution in [2.24, 2.45) is 0 Å². The van der Waals surface area contributed by atoms with Gasteiger partial charge in [0.25, 0.3) is 0 Å². The molecule has 0 fully saturated rings. The van der Waals surface area contributed by atoms with E-state index in [1.54, 1.807) is 12.1 Å². The molecule has 0 saturated heterocycles. The summed E-state index contributed by atoms with van der Waals surface area (Å²) < 4.78 is 12.7. The van der Waals surface area contributed by atoms with Crippen molar-refractivity contribution in [1.29, 1.82) is 0 Å². The van der Waals surface area contributed by atoms with Crippen molar-refractivity contribution >= 4 is 5.69 Å². The van der Waals surface area contributed by atoms with Crippen molar-refractivity contribution in [3.05, 3.63) is 65.0 Å². The molecule has 0 aliphatic rings. The van der Waals surface area contributed by atoms with E-state index in [0.717, 1.165) is 12.2 Å². The van der Waals surface area contributed by atoms with Crippen LogP contribution in [0.5, 0.6) is 0 Å². The highest BCUT2D eigenvalue weighted by Crippen LogP contribution is 2.13. The molecule has 1 N–H and O–H groups in total. The van der Waals surface area contributed by atoms with Crippen LogP contribution in [-0.2, 0) is 6.54 Å². The Morgan fingerprint density at radius 2 is 1.65 bits per heavy atom. The minimum atomic E-state index is -0.207. The van der Waals surface area contributed by atoms with Gasteiger partial charge in [-0.2, -0.15) is 0 Å². The highest BCUT2D eigenvalue weighted by molar-refractivity contribution is 5.44. The molecular weight excluding hydrogens is 213 g/mol. The minimum Gasteiger partial charge on any atom is -0.381 e. The molecule has 2 aromatic rings. The summed E-state index contributed by atoms with van der Waals surface area (Å²) in [7, 11) is 0. The van der Waals surface area contributed by atoms with Crippen LogP contribution in [-0.4, -0.2) is 0 Å². The van der Waals surface area contributed by atoms with E-state index >= 15 is 0 Å². The Morgan fingerprint density at radius 1 is 0.941 bits per heavy atom. The van der Waals surface area contributed by atoms with Gasteiger partial charge in [0.15, 0.2) is 0 Å². The van der Waals surface area contributed by atoms with Gasteiger partial charge >= 0.3 is 0 Å². The number of rotatable bonds is 3. The fourth-order valence-electron chi connectivity index (χ4n) is 1.69. The molecule has 0 unspecified atom stereocenters. The van der Waals surface area contributed by atoms with Gasteiger partial charge in [-0.05, 0) is 54.8 Å². The van der Waals surface area contributed by atoms with Crippen molar-refractivity contribution in [3.63, 3.8) is 0 Å². The van der Waals surface area contributed by atoms with Gasteiger partial charge in [0.2, 0.25) is 0 Å². The lowest BCUT2D eigenvalue weighted by atomic mass is 10.1. The van der Waals surface area contributed by atoms with E-state index in [2.05, 4.69) is 37.4 Å². The van der Waals surface area contributed by atoms with Gasteiger partial charge < -0.3 is 5.32 Å². The first-order valence-electron chi connectivity index (χ1n) is 5.71. The molecule has 2 aromatic carbocycles. The second-order valence-electron chi connectivity index (χ2n) is 4.28. The molecule has 0 aliphatic heterocycles. The Bertz CT molecular complexity index is 503. The van der Waals surface area contributed by atoms with E-state index in [9.17, 15) is 4.39 Å². The third-order valence-electron chi connectivity index (χ3n) is 2.91. The summed E-state index contributed by atoms with van der Waals surface area (Å²) in [6.07, 6.45) is 0. The van der Waals surface area contributed by atoms with Gasteiger partial charge in [-0.3, -0.25) is 0 Å². The maximum atomic E-state index is 12.7. The molecule has 2 rings (SSSR count). The van der Waals surface area contributed by atoms with Crippen molar-refractivity contribution in [1.82, 2.24) is 0 Å². The lowest BCUT2D eigenvalue weighted by Gasteiger charge is -2.08. The number of halogens is 1. The summed E-state index contributed by atoms with van der Waals surface area (Å²) in [4.78, 5) is 0. The third-order valence-corrected chi connectivity index (χ3v) is 2.91. The van der Waals surface area contributed by atoms with E-state index in [1.165, 1.54) is 28.8 Å². The maximum Gasteiger partial charge on any atom is 0.123 e. The van der Waals surface area contributed by atoms with Gasteiger partial charge in [0.05, 0.1) is 0 Å². The number of aryl methyl sites for hydroxylation is 2. The second kappa shape index (κ2) is 5.00. The zero-order chi connectivity index (χ0) is 12.3. The van der Waals surface area contributed by atoms with Crippen LogP contribution in [0.1, 0.15) is 16.7 Å². The SMILES string of the molecule is Cc1ccc(CNc2ccc(F)cc2)cc1C. The molecule has 0 aliphatic carbocycles. The van der Waals surface area contributed by atoms with Crippen LogP contribution in [0, 0.1) is 19.7 Å². The van der Waals surface area contributed by atoms with E-state index in [-0.39, 0.29) is 5.82 Å². The van der Waals surface area contributed by atoms with Crippen molar-refractivity contribution in [2.45, 2.75) is 20.4 Å². The number of anilines is 1. The molecule has 2 heteroatoms. The van der Waals surface area contributed by atoms with Gasteiger partial charge in [-0.25, -0.2) is 4.39 Å². The van der Waals surface area contributed by atoms with Gasteiger partial charge in [-0.15, -0.1) is 0 Å². The lowest BCUT2D eigenvalue weighted by molar-refractivity contribution is 0.628. The van der Waals surface area contributed by atoms with Gasteiger partial charge in [0.1, 0.15) is 5.82 Å². The molecular formula is C15H16FN. The first kappa shape index (κ1) is 11.6. The van der Waals surface area contributed by atoms with Crippen LogP contribution in [0.4, 0.5) is 10.1 Å². The van der Waals surface area contributed by atoms with Crippen molar-refractivity contribution in [2.75, 3.05) is 5.32 Å². The highest BCUT2D eigenvalue weighted by Gasteiger charge is 1.97. The van der Waals surface area contributed by atoms with E-state index in [4.69, 9.17) is 0 Å². The normalized spacial score (nSPS) is 10.3. The average Bonchev–Trinajstić information content (AvgIpc) is 2.33. The molecule has 0 spiro atoms. The van der Waals surface area contributed by atoms with Crippen LogP contribution in [0.25, 0.3) is 0 Å². The molecule has 17 heavy (non-hydrogen) atoms. The summed E-state index contributed by atoms with van der Waals surface area (Å²) in [5.41, 5.74) is 4.76. The molecule has 0 atom stereocenters. The lowest BCUT2D eigenvalue weighted by Crippen LogP contribution is -2.00. The number of nitrogens with one attached hydrogen (secondary N) is 1. The molecule has 0 saturated carbocycles. The summed E-state index contributed by atoms with van der Waals surface area (Å²) in [6.45, 7) is 4.97. The zero-order valence-electron chi connectivity index (χ0n) is 10.1. The zero-order valence-corrected chi connectivity index (χ0v) is 10.1. The summed E-state index contributed by atoms with van der Waals surface area (Å²) >= 11 is 0. The smallest absolute Gasteiger partial charge is 0.123 e. The van der Waals surface area contributed by atoms with Gasteiger partial charge in [0, 0.05) is 12.2 Å². The molecule has 0 aromatic heterocycles. The fraction of sp³-hybridized carbons (Fsp3) is 0.200. The quantitative estimate of drug-likeness (QED) is 0.837. The first-order chi connectivity index (χ1) is 8.15. The van der Waals surface area contributed by atoms with Crippen LogP contribution >= 0.6 is 0 Å². The highest BCUT2D eigenvalue weighted by atomic mass is 19.1. The first-order valence-corrected chi connectivity index (χ1v) is 5.71. The minimum absolute atomic E-state index is 0.207. The number of hydrogen-bond donors (Lipinski definition) is 1. The number of benzene rings is 2. The summed E-state index contributed by atoms with van der Waals surface area (Å²) in [6, 6.07) is 12.8. The predicted octanol–water partition coefficient (Wildman–Crippen LogP) is 4.05. The molecule has 0 radical (unpaired) electrons. The fourth-order valence-corrected chi connectivity index (χ4v) is 1.69. The Kier molecular flexibility index (Phi) is 3.43. The molecule has 0 amide bonds. The molecule has 88 valence electrons. The maximum absolute atomic E-state index is 12.7. The Morgan fingerprint density at radius 3 is 2.29 bits per heavy atom. The van der Waals surface area contributed by atoms with E-state index in [1.807, 2.05) is 0 Å². The Balaban J connectivity index is 2.02. The number of hydrogen-bond acceptors (Lipinski definition) is 1. The Labute approximate surface area is 101 Å². The molecule has 0 heterocycles. The largest absolute Gasteiger partial charge is 0.381 e. The van der Waals surface area contributed by atoms with Crippen LogP contribution in [0.15, 0.2) is 42.5 Å². The summed E-state index contributed by atoms with van der Waals surface area (Å²) in [5, 5.41) is 3.27. The average molecular weight is 229 g/mol. The molecule has 0 bridgehead atoms. The van der Waals surface area contributed by atoms with Crippen LogP contribution in [0.2, 0.25) is 0 Å². The van der Waals surface area contributed by atoms with Crippen molar-refractivity contribution in [3.8, 4) is 0 Å². The third kappa shape index (κ3) is 3.06. The van der Waals surface area contributed by atoms with E-state index < -0.39 is 0 Å². The van der Waals surface area contributed by atoms with E-state index in [0.29, 0.717) is 0 Å². The van der Waals surface area contributed by atoms with Crippen LogP contribution in [0.3, 0.4) is 0 Å². The van der Waals surface area contributed by atoms with Crippen molar-refractivity contribution < 1.29 is 4.39 Å². The predicted molar refractivity (Wildman–Crippen MR) is 69.6 cm³/mol. The van der Waals surface area contributed by atoms with Gasteiger partial charge in [-0.1, -0.05) is 18.2 Å². The standard InChI is InChI=1S/C15H16FN/c1-11-3-4-13(9-12(11)2)10-17-15-7-5-14(16)6-8-15/h3-9,17H,10H2,1-2H3. The summed E-state index contributed by atoms with van der Waals surface area (Å²) in [5.74, 6) is -0.207. The second-order valence-corrected chi connectivity index (χ2v) is 4.28. The Hall–Kier alpha value is -1.83. The van der Waals surface area contributed by atoms with Crippen LogP contribution < -0.4 is 5.32 Å². The monoisotopic (exact) mass is 229 g/mol.